The first kappa shape index (κ1) is 18.2. The van der Waals surface area contributed by atoms with Crippen molar-refractivity contribution in [1.29, 1.82) is 0 Å². The molecule has 1 aromatic carbocycles. The number of nitrogens with zero attached hydrogens (tertiary/aromatic N) is 1. The van der Waals surface area contributed by atoms with Crippen LogP contribution < -0.4 is 5.32 Å². The summed E-state index contributed by atoms with van der Waals surface area (Å²) in [6.45, 7) is 4.30. The van der Waals surface area contributed by atoms with E-state index >= 15 is 0 Å². The van der Waals surface area contributed by atoms with Crippen LogP contribution in [-0.2, 0) is 0 Å². The predicted octanol–water partition coefficient (Wildman–Crippen LogP) is 4.90. The average molecular weight is 386 g/mol. The third kappa shape index (κ3) is 3.64. The van der Waals surface area contributed by atoms with E-state index in [0.29, 0.717) is 22.4 Å². The Labute approximate surface area is 162 Å². The van der Waals surface area contributed by atoms with Crippen LogP contribution in [0.25, 0.3) is 10.1 Å². The van der Waals surface area contributed by atoms with Crippen LogP contribution in [0.4, 0.5) is 4.39 Å². The summed E-state index contributed by atoms with van der Waals surface area (Å²) < 4.78 is 20.6. The van der Waals surface area contributed by atoms with Crippen molar-refractivity contribution in [2.45, 2.75) is 32.2 Å². The molecule has 142 valence electrons. The smallest absolute Gasteiger partial charge is 0.261 e. The third-order valence-corrected chi connectivity index (χ3v) is 6.52. The molecule has 6 heteroatoms. The minimum atomic E-state index is -0.276. The van der Waals surface area contributed by atoms with Crippen LogP contribution in [-0.4, -0.2) is 30.4 Å². The number of thiophene rings is 1. The zero-order valence-electron chi connectivity index (χ0n) is 15.3. The number of furan rings is 1. The lowest BCUT2D eigenvalue weighted by molar-refractivity contribution is 0.0917. The molecular formula is C21H23FN2O2S. The first-order valence-corrected chi connectivity index (χ1v) is 10.2. The Morgan fingerprint density at radius 1 is 1.26 bits per heavy atom. The summed E-state index contributed by atoms with van der Waals surface area (Å²) in [4.78, 5) is 15.8. The Bertz CT molecular complexity index is 929. The number of amides is 1. The predicted molar refractivity (Wildman–Crippen MR) is 106 cm³/mol. The highest BCUT2D eigenvalue weighted by Gasteiger charge is 2.26. The van der Waals surface area contributed by atoms with E-state index < -0.39 is 0 Å². The van der Waals surface area contributed by atoms with Gasteiger partial charge in [0.1, 0.15) is 11.6 Å². The topological polar surface area (TPSA) is 45.5 Å². The van der Waals surface area contributed by atoms with Crippen LogP contribution in [0, 0.1) is 12.7 Å². The Balaban J connectivity index is 1.53. The molecule has 27 heavy (non-hydrogen) atoms. The van der Waals surface area contributed by atoms with Gasteiger partial charge in [0.15, 0.2) is 0 Å². The maximum Gasteiger partial charge on any atom is 0.261 e. The summed E-state index contributed by atoms with van der Waals surface area (Å²) in [6.07, 6.45) is 5.26. The molecule has 3 aromatic rings. The van der Waals surface area contributed by atoms with Crippen molar-refractivity contribution in [2.24, 2.45) is 0 Å². The number of aryl methyl sites for hydroxylation is 1. The molecule has 4 nitrogen and oxygen atoms in total. The largest absolute Gasteiger partial charge is 0.468 e. The van der Waals surface area contributed by atoms with Crippen molar-refractivity contribution in [1.82, 2.24) is 10.2 Å². The van der Waals surface area contributed by atoms with Gasteiger partial charge in [-0.3, -0.25) is 9.69 Å². The van der Waals surface area contributed by atoms with E-state index in [1.54, 1.807) is 12.3 Å². The summed E-state index contributed by atoms with van der Waals surface area (Å²) in [7, 11) is 0. The SMILES string of the molecule is Cc1c(C(=O)NCC(c2ccco2)N2CCCCC2)sc2cccc(F)c12. The zero-order chi connectivity index (χ0) is 18.8. The first-order chi connectivity index (χ1) is 13.1. The van der Waals surface area contributed by atoms with Crippen LogP contribution in [0.1, 0.15) is 46.3 Å². The molecule has 0 aliphatic carbocycles. The quantitative estimate of drug-likeness (QED) is 0.678. The fraction of sp³-hybridized carbons (Fsp3) is 0.381. The maximum atomic E-state index is 14.1. The molecule has 1 atom stereocenters. The summed E-state index contributed by atoms with van der Waals surface area (Å²) in [6, 6.07) is 8.84. The maximum absolute atomic E-state index is 14.1. The standard InChI is InChI=1S/C21H23FN2O2S/c1-14-19-15(22)7-5-9-18(19)27-20(14)21(25)23-13-16(17-8-6-12-26-17)24-10-3-2-4-11-24/h5-9,12,16H,2-4,10-11,13H2,1H3,(H,23,25). The summed E-state index contributed by atoms with van der Waals surface area (Å²) in [5, 5.41) is 3.60. The molecule has 1 saturated heterocycles. The normalized spacial score (nSPS) is 16.5. The fourth-order valence-electron chi connectivity index (χ4n) is 3.86. The molecular weight excluding hydrogens is 363 g/mol. The highest BCUT2D eigenvalue weighted by atomic mass is 32.1. The number of rotatable bonds is 5. The van der Waals surface area contributed by atoms with Crippen molar-refractivity contribution >= 4 is 27.3 Å². The number of benzene rings is 1. The van der Waals surface area contributed by atoms with E-state index in [9.17, 15) is 9.18 Å². The summed E-state index contributed by atoms with van der Waals surface area (Å²) in [5.41, 5.74) is 0.707. The molecule has 3 heterocycles. The lowest BCUT2D eigenvalue weighted by atomic mass is 10.1. The van der Waals surface area contributed by atoms with Crippen LogP contribution in [0.3, 0.4) is 0 Å². The van der Waals surface area contributed by atoms with Gasteiger partial charge in [0.25, 0.3) is 5.91 Å². The van der Waals surface area contributed by atoms with Gasteiger partial charge in [-0.25, -0.2) is 4.39 Å². The monoisotopic (exact) mass is 386 g/mol. The number of likely N-dealkylation sites (tertiary alicyclic amines) is 1. The molecule has 0 spiro atoms. The van der Waals surface area contributed by atoms with Crippen molar-refractivity contribution in [2.75, 3.05) is 19.6 Å². The number of carbonyl (C=O) groups is 1. The minimum Gasteiger partial charge on any atom is -0.468 e. The van der Waals surface area contributed by atoms with E-state index in [4.69, 9.17) is 4.42 Å². The van der Waals surface area contributed by atoms with Crippen LogP contribution >= 0.6 is 11.3 Å². The van der Waals surface area contributed by atoms with E-state index in [0.717, 1.165) is 23.5 Å². The third-order valence-electron chi connectivity index (χ3n) is 5.27. The average Bonchev–Trinajstić information content (AvgIpc) is 3.32. The second-order valence-corrected chi connectivity index (χ2v) is 8.06. The number of halogens is 1. The van der Waals surface area contributed by atoms with E-state index in [-0.39, 0.29) is 17.8 Å². The number of hydrogen-bond donors (Lipinski definition) is 1. The van der Waals surface area contributed by atoms with E-state index in [1.807, 2.05) is 25.1 Å². The summed E-state index contributed by atoms with van der Waals surface area (Å²) in [5.74, 6) is 0.444. The number of nitrogens with one attached hydrogen (secondary N) is 1. The van der Waals surface area contributed by atoms with Gasteiger partial charge >= 0.3 is 0 Å². The molecule has 1 unspecified atom stereocenters. The van der Waals surface area contributed by atoms with E-state index in [2.05, 4.69) is 10.2 Å². The number of carbonyl (C=O) groups excluding carboxylic acids is 1. The Hall–Kier alpha value is -2.18. The van der Waals surface area contributed by atoms with Gasteiger partial charge in [-0.1, -0.05) is 12.5 Å². The lowest BCUT2D eigenvalue weighted by Crippen LogP contribution is -2.40. The van der Waals surface area contributed by atoms with Gasteiger partial charge in [0.05, 0.1) is 17.2 Å². The Kier molecular flexibility index (Phi) is 5.27. The lowest BCUT2D eigenvalue weighted by Gasteiger charge is -2.33. The van der Waals surface area contributed by atoms with Crippen LogP contribution in [0.15, 0.2) is 41.0 Å². The second-order valence-electron chi connectivity index (χ2n) is 7.01. The molecule has 4 rings (SSSR count). The minimum absolute atomic E-state index is 0.0238. The van der Waals surface area contributed by atoms with Crippen LogP contribution in [0.2, 0.25) is 0 Å². The molecule has 1 aliphatic heterocycles. The van der Waals surface area contributed by atoms with Gasteiger partial charge in [-0.05, 0) is 62.7 Å². The van der Waals surface area contributed by atoms with E-state index in [1.165, 1.54) is 36.7 Å². The van der Waals surface area contributed by atoms with Crippen molar-refractivity contribution < 1.29 is 13.6 Å². The first-order valence-electron chi connectivity index (χ1n) is 9.38. The molecule has 1 amide bonds. The van der Waals surface area contributed by atoms with Gasteiger partial charge in [0.2, 0.25) is 0 Å². The number of hydrogen-bond acceptors (Lipinski definition) is 4. The highest BCUT2D eigenvalue weighted by Crippen LogP contribution is 2.32. The van der Waals surface area contributed by atoms with Crippen LogP contribution in [0.5, 0.6) is 0 Å². The second kappa shape index (κ2) is 7.82. The molecule has 2 aromatic heterocycles. The number of piperidine rings is 1. The molecule has 1 N–H and O–H groups in total. The molecule has 0 radical (unpaired) electrons. The van der Waals surface area contributed by atoms with Gasteiger partial charge in [0, 0.05) is 16.6 Å². The van der Waals surface area contributed by atoms with Crippen molar-refractivity contribution in [3.05, 3.63) is 58.6 Å². The molecule has 1 aliphatic rings. The van der Waals surface area contributed by atoms with Crippen molar-refractivity contribution in [3.63, 3.8) is 0 Å². The molecule has 0 bridgehead atoms. The molecule has 1 fully saturated rings. The molecule has 0 saturated carbocycles. The van der Waals surface area contributed by atoms with Gasteiger partial charge < -0.3 is 9.73 Å². The van der Waals surface area contributed by atoms with Gasteiger partial charge in [-0.15, -0.1) is 11.3 Å². The van der Waals surface area contributed by atoms with Gasteiger partial charge in [-0.2, -0.15) is 0 Å². The Morgan fingerprint density at radius 3 is 2.78 bits per heavy atom. The van der Waals surface area contributed by atoms with Crippen molar-refractivity contribution in [3.8, 4) is 0 Å². The Morgan fingerprint density at radius 2 is 2.07 bits per heavy atom. The highest BCUT2D eigenvalue weighted by molar-refractivity contribution is 7.21. The fourth-order valence-corrected chi connectivity index (χ4v) is 5.00. The zero-order valence-corrected chi connectivity index (χ0v) is 16.2. The number of fused-ring (bicyclic) bond motifs is 1. The summed E-state index contributed by atoms with van der Waals surface area (Å²) >= 11 is 1.34.